The number of rotatable bonds is 8. The van der Waals surface area contributed by atoms with Crippen LogP contribution in [0.15, 0.2) is 30.6 Å². The van der Waals surface area contributed by atoms with Gasteiger partial charge in [-0.15, -0.1) is 10.2 Å². The van der Waals surface area contributed by atoms with E-state index in [9.17, 15) is 9.59 Å². The molecular weight excluding hydrogens is 386 g/mol. The van der Waals surface area contributed by atoms with Gasteiger partial charge in [0.05, 0.1) is 19.7 Å². The Kier molecular flexibility index (Phi) is 5.98. The third-order valence-corrected chi connectivity index (χ3v) is 5.50. The first-order chi connectivity index (χ1) is 14.6. The van der Waals surface area contributed by atoms with E-state index in [1.807, 2.05) is 33.7 Å². The molecule has 0 bridgehead atoms. The van der Waals surface area contributed by atoms with Crippen molar-refractivity contribution in [1.29, 1.82) is 0 Å². The Morgan fingerprint density at radius 2 is 2.07 bits per heavy atom. The number of nitrogens with one attached hydrogen (secondary N) is 1. The fourth-order valence-corrected chi connectivity index (χ4v) is 3.88. The van der Waals surface area contributed by atoms with Crippen LogP contribution < -0.4 is 10.1 Å². The summed E-state index contributed by atoms with van der Waals surface area (Å²) in [5.41, 5.74) is 0.852. The Labute approximate surface area is 175 Å². The van der Waals surface area contributed by atoms with Crippen LogP contribution in [0.3, 0.4) is 0 Å². The predicted octanol–water partition coefficient (Wildman–Crippen LogP) is 1.44. The summed E-state index contributed by atoms with van der Waals surface area (Å²) in [6, 6.07) is 7.14. The van der Waals surface area contributed by atoms with E-state index in [1.54, 1.807) is 13.4 Å². The van der Waals surface area contributed by atoms with Gasteiger partial charge in [-0.2, -0.15) is 0 Å². The maximum Gasteiger partial charge on any atom is 0.252 e. The summed E-state index contributed by atoms with van der Waals surface area (Å²) in [6.07, 6.45) is 3.72. The average Bonchev–Trinajstić information content (AvgIpc) is 3.51. The number of carbonyl (C=O) groups excluding carboxylic acids is 2. The third-order valence-electron chi connectivity index (χ3n) is 5.50. The zero-order chi connectivity index (χ0) is 21.1. The van der Waals surface area contributed by atoms with Crippen LogP contribution in [0.25, 0.3) is 0 Å². The van der Waals surface area contributed by atoms with Crippen LogP contribution in [0.4, 0.5) is 0 Å². The third kappa shape index (κ3) is 4.16. The van der Waals surface area contributed by atoms with E-state index in [0.29, 0.717) is 5.82 Å². The zero-order valence-corrected chi connectivity index (χ0v) is 17.3. The Morgan fingerprint density at radius 3 is 2.73 bits per heavy atom. The Balaban J connectivity index is 1.54. The van der Waals surface area contributed by atoms with Gasteiger partial charge in [0.2, 0.25) is 5.91 Å². The maximum atomic E-state index is 13.1. The fourth-order valence-electron chi connectivity index (χ4n) is 3.88. The van der Waals surface area contributed by atoms with E-state index in [4.69, 9.17) is 9.47 Å². The van der Waals surface area contributed by atoms with Crippen LogP contribution in [-0.2, 0) is 27.4 Å². The van der Waals surface area contributed by atoms with Gasteiger partial charge < -0.3 is 24.3 Å². The average molecular weight is 413 g/mol. The molecule has 1 aromatic heterocycles. The van der Waals surface area contributed by atoms with Crippen molar-refractivity contribution in [3.8, 4) is 5.75 Å². The molecule has 1 N–H and O–H groups in total. The molecule has 2 fully saturated rings. The second-order valence-corrected chi connectivity index (χ2v) is 7.64. The first-order valence-corrected chi connectivity index (χ1v) is 10.3. The van der Waals surface area contributed by atoms with Crippen molar-refractivity contribution in [3.63, 3.8) is 0 Å². The number of aromatic nitrogens is 3. The fraction of sp³-hybridized carbons (Fsp3) is 0.524. The minimum atomic E-state index is -0.792. The van der Waals surface area contributed by atoms with Crippen LogP contribution in [0.1, 0.15) is 43.6 Å². The van der Waals surface area contributed by atoms with Crippen molar-refractivity contribution in [1.82, 2.24) is 25.0 Å². The topological polar surface area (TPSA) is 98.6 Å². The van der Waals surface area contributed by atoms with E-state index in [0.717, 1.165) is 37.1 Å². The molecule has 1 saturated heterocycles. The highest BCUT2D eigenvalue weighted by Crippen LogP contribution is 2.39. The van der Waals surface area contributed by atoms with E-state index in [1.165, 1.54) is 0 Å². The van der Waals surface area contributed by atoms with Gasteiger partial charge in [0, 0.05) is 12.6 Å². The summed E-state index contributed by atoms with van der Waals surface area (Å²) >= 11 is 0. The second-order valence-electron chi connectivity index (χ2n) is 7.64. The van der Waals surface area contributed by atoms with Crippen molar-refractivity contribution in [2.75, 3.05) is 13.7 Å². The quantitative estimate of drug-likeness (QED) is 0.703. The lowest BCUT2D eigenvalue weighted by Gasteiger charge is -2.40. The van der Waals surface area contributed by atoms with E-state index in [2.05, 4.69) is 22.4 Å². The SMILES string of the molecule is CCCn1cnnc1CNC(=O)[C@H]1OCC(=O)N(C2CC2)[C@@H]1c1ccc(OC)cc1. The van der Waals surface area contributed by atoms with Crippen molar-refractivity contribution in [3.05, 3.63) is 42.0 Å². The summed E-state index contributed by atoms with van der Waals surface area (Å²) in [5, 5.41) is 10.9. The molecule has 9 heteroatoms. The summed E-state index contributed by atoms with van der Waals surface area (Å²) in [7, 11) is 1.60. The van der Waals surface area contributed by atoms with E-state index < -0.39 is 12.1 Å². The zero-order valence-electron chi connectivity index (χ0n) is 17.3. The van der Waals surface area contributed by atoms with Crippen molar-refractivity contribution >= 4 is 11.8 Å². The second kappa shape index (κ2) is 8.83. The molecule has 0 radical (unpaired) electrons. The van der Waals surface area contributed by atoms with Crippen LogP contribution in [0.5, 0.6) is 5.75 Å². The standard InChI is InChI=1S/C21H27N5O4/c1-3-10-25-13-23-24-17(25)11-22-21(28)20-19(14-4-8-16(29-2)9-5-14)26(15-6-7-15)18(27)12-30-20/h4-5,8-9,13,15,19-20H,3,6-7,10-12H2,1-2H3,(H,22,28)/t19-,20+/m1/s1. The molecule has 1 aliphatic carbocycles. The molecule has 1 aromatic carbocycles. The molecule has 4 rings (SSSR count). The number of morpholine rings is 1. The molecule has 160 valence electrons. The van der Waals surface area contributed by atoms with E-state index in [-0.39, 0.29) is 31.0 Å². The van der Waals surface area contributed by atoms with Gasteiger partial charge in [-0.3, -0.25) is 9.59 Å². The van der Waals surface area contributed by atoms with Crippen molar-refractivity contribution < 1.29 is 19.1 Å². The number of methoxy groups -OCH3 is 1. The summed E-state index contributed by atoms with van der Waals surface area (Å²) < 4.78 is 12.9. The minimum absolute atomic E-state index is 0.0787. The molecule has 1 saturated carbocycles. The molecule has 30 heavy (non-hydrogen) atoms. The van der Waals surface area contributed by atoms with Gasteiger partial charge in [0.25, 0.3) is 5.91 Å². The molecule has 2 heterocycles. The van der Waals surface area contributed by atoms with Gasteiger partial charge in [-0.1, -0.05) is 19.1 Å². The molecular formula is C21H27N5O4. The number of benzene rings is 1. The monoisotopic (exact) mass is 413 g/mol. The highest BCUT2D eigenvalue weighted by atomic mass is 16.5. The van der Waals surface area contributed by atoms with Crippen LogP contribution in [0.2, 0.25) is 0 Å². The lowest BCUT2D eigenvalue weighted by molar-refractivity contribution is -0.165. The number of nitrogens with zero attached hydrogens (tertiary/aromatic N) is 4. The maximum absolute atomic E-state index is 13.1. The summed E-state index contributed by atoms with van der Waals surface area (Å²) in [4.78, 5) is 27.6. The lowest BCUT2D eigenvalue weighted by Crippen LogP contribution is -2.55. The van der Waals surface area contributed by atoms with Gasteiger partial charge in [0.15, 0.2) is 11.9 Å². The predicted molar refractivity (Wildman–Crippen MR) is 108 cm³/mol. The molecule has 0 spiro atoms. The van der Waals surface area contributed by atoms with Crippen LogP contribution in [0, 0.1) is 0 Å². The highest BCUT2D eigenvalue weighted by Gasteiger charge is 2.47. The van der Waals surface area contributed by atoms with Gasteiger partial charge >= 0.3 is 0 Å². The first kappa shape index (κ1) is 20.3. The Hall–Kier alpha value is -2.94. The minimum Gasteiger partial charge on any atom is -0.497 e. The molecule has 2 aromatic rings. The van der Waals surface area contributed by atoms with Gasteiger partial charge in [-0.05, 0) is 37.0 Å². The molecule has 2 aliphatic rings. The molecule has 2 atom stereocenters. The largest absolute Gasteiger partial charge is 0.497 e. The van der Waals surface area contributed by atoms with E-state index >= 15 is 0 Å². The Bertz CT molecular complexity index is 893. The smallest absolute Gasteiger partial charge is 0.252 e. The van der Waals surface area contributed by atoms with Crippen molar-refractivity contribution in [2.45, 2.75) is 57.5 Å². The normalized spacial score (nSPS) is 21.5. The number of aryl methyl sites for hydroxylation is 1. The highest BCUT2D eigenvalue weighted by molar-refractivity contribution is 5.86. The number of hydrogen-bond acceptors (Lipinski definition) is 6. The van der Waals surface area contributed by atoms with Crippen molar-refractivity contribution in [2.24, 2.45) is 0 Å². The molecule has 2 amide bonds. The first-order valence-electron chi connectivity index (χ1n) is 10.3. The van der Waals surface area contributed by atoms with Crippen LogP contribution in [-0.4, -0.2) is 57.3 Å². The number of carbonyl (C=O) groups is 2. The number of amides is 2. The summed E-state index contributed by atoms with van der Waals surface area (Å²) in [6.45, 7) is 3.02. The molecule has 9 nitrogen and oxygen atoms in total. The Morgan fingerprint density at radius 1 is 1.30 bits per heavy atom. The number of ether oxygens (including phenoxy) is 2. The van der Waals surface area contributed by atoms with Crippen LogP contribution >= 0.6 is 0 Å². The van der Waals surface area contributed by atoms with Gasteiger partial charge in [0.1, 0.15) is 18.7 Å². The molecule has 0 unspecified atom stereocenters. The van der Waals surface area contributed by atoms with Gasteiger partial charge in [-0.25, -0.2) is 0 Å². The summed E-state index contributed by atoms with van der Waals surface area (Å²) in [5.74, 6) is 1.07. The molecule has 1 aliphatic heterocycles. The lowest BCUT2D eigenvalue weighted by atomic mass is 9.96. The number of hydrogen-bond donors (Lipinski definition) is 1.